The first-order valence-electron chi connectivity index (χ1n) is 11.4. The molecule has 0 saturated carbocycles. The second-order valence-electron chi connectivity index (χ2n) is 8.03. The topological polar surface area (TPSA) is 102 Å². The van der Waals surface area contributed by atoms with Crippen LogP contribution in [0, 0.1) is 6.92 Å². The molecule has 2 N–H and O–H groups in total. The molecule has 0 fully saturated rings. The summed E-state index contributed by atoms with van der Waals surface area (Å²) in [5.74, 6) is 0.177. The van der Waals surface area contributed by atoms with Gasteiger partial charge >= 0.3 is 0 Å². The average Bonchev–Trinajstić information content (AvgIpc) is 3.45. The highest BCUT2D eigenvalue weighted by Crippen LogP contribution is 2.30. The fraction of sp³-hybridized carbons (Fsp3) is 0.240. The minimum atomic E-state index is -0.440. The van der Waals surface area contributed by atoms with E-state index in [0.717, 1.165) is 16.1 Å². The Morgan fingerprint density at radius 2 is 1.89 bits per heavy atom. The molecule has 2 aromatic carbocycles. The molecule has 2 heterocycles. The summed E-state index contributed by atoms with van der Waals surface area (Å²) in [6, 6.07) is 14.1. The van der Waals surface area contributed by atoms with Gasteiger partial charge in [0, 0.05) is 22.0 Å². The van der Waals surface area contributed by atoms with Crippen LogP contribution in [-0.4, -0.2) is 37.3 Å². The second kappa shape index (κ2) is 12.1. The van der Waals surface area contributed by atoms with Gasteiger partial charge in [-0.25, -0.2) is 4.98 Å². The smallest absolute Gasteiger partial charge is 0.253 e. The lowest BCUT2D eigenvalue weighted by molar-refractivity contribution is -0.113. The summed E-state index contributed by atoms with van der Waals surface area (Å²) < 4.78 is 1.87. The summed E-state index contributed by atoms with van der Waals surface area (Å²) >= 11 is 14.8. The summed E-state index contributed by atoms with van der Waals surface area (Å²) in [5.41, 5.74) is 2.19. The molecule has 4 aromatic rings. The lowest BCUT2D eigenvalue weighted by Gasteiger charge is -2.15. The molecule has 12 heteroatoms. The fourth-order valence-corrected chi connectivity index (χ4v) is 5.79. The predicted molar refractivity (Wildman–Crippen MR) is 150 cm³/mol. The van der Waals surface area contributed by atoms with Crippen molar-refractivity contribution in [1.82, 2.24) is 25.1 Å². The molecule has 1 atom stereocenters. The van der Waals surface area contributed by atoms with Crippen LogP contribution in [0.2, 0.25) is 10.0 Å². The number of benzene rings is 2. The monoisotopic (exact) mass is 574 g/mol. The number of hydrogen-bond donors (Lipinski definition) is 2. The molecule has 4 rings (SSSR count). The molecular weight excluding hydrogens is 551 g/mol. The third-order valence-corrected chi connectivity index (χ3v) is 7.80. The average molecular weight is 576 g/mol. The van der Waals surface area contributed by atoms with Gasteiger partial charge in [0.1, 0.15) is 0 Å². The molecular formula is C25H24Cl2N6O2S2. The SMILES string of the molecule is CCn1c(SCC(=O)Nc2nc(-c3ccccc3)c(C)s2)nnc1[C@H](C)NC(=O)c1ccc(Cl)cc1Cl. The number of hydrogen-bond acceptors (Lipinski definition) is 7. The van der Waals surface area contributed by atoms with Gasteiger partial charge in [-0.15, -0.1) is 21.5 Å². The van der Waals surface area contributed by atoms with Gasteiger partial charge in [0.05, 0.1) is 28.1 Å². The number of anilines is 1. The van der Waals surface area contributed by atoms with Crippen LogP contribution in [0.5, 0.6) is 0 Å². The van der Waals surface area contributed by atoms with Crippen LogP contribution in [0.4, 0.5) is 5.13 Å². The number of aryl methyl sites for hydroxylation is 1. The standard InChI is InChI=1S/C25H24Cl2N6O2S2/c1-4-33-22(14(2)28-23(35)18-11-10-17(26)12-19(18)27)31-32-25(33)36-13-20(34)29-24-30-21(15(3)37-24)16-8-6-5-7-9-16/h5-12,14H,4,13H2,1-3H3,(H,28,35)(H,29,30,34)/t14-/m0/s1. The zero-order chi connectivity index (χ0) is 26.5. The molecule has 37 heavy (non-hydrogen) atoms. The molecule has 0 aliphatic heterocycles. The molecule has 192 valence electrons. The van der Waals surface area contributed by atoms with Crippen molar-refractivity contribution < 1.29 is 9.59 Å². The van der Waals surface area contributed by atoms with E-state index in [9.17, 15) is 9.59 Å². The molecule has 0 bridgehead atoms. The maximum atomic E-state index is 12.7. The summed E-state index contributed by atoms with van der Waals surface area (Å²) in [5, 5.41) is 16.1. The van der Waals surface area contributed by atoms with E-state index < -0.39 is 6.04 Å². The largest absolute Gasteiger partial charge is 0.342 e. The Bertz CT molecular complexity index is 1420. The van der Waals surface area contributed by atoms with E-state index >= 15 is 0 Å². The Balaban J connectivity index is 1.38. The fourth-order valence-electron chi connectivity index (χ4n) is 3.64. The molecule has 2 amide bonds. The van der Waals surface area contributed by atoms with Crippen LogP contribution in [-0.2, 0) is 11.3 Å². The molecule has 0 unspecified atom stereocenters. The van der Waals surface area contributed by atoms with E-state index in [1.54, 1.807) is 12.1 Å². The number of aromatic nitrogens is 4. The van der Waals surface area contributed by atoms with Crippen molar-refractivity contribution in [2.45, 2.75) is 38.5 Å². The zero-order valence-electron chi connectivity index (χ0n) is 20.3. The molecule has 0 aliphatic carbocycles. The van der Waals surface area contributed by atoms with E-state index in [1.807, 2.05) is 55.7 Å². The zero-order valence-corrected chi connectivity index (χ0v) is 23.4. The van der Waals surface area contributed by atoms with Crippen molar-refractivity contribution in [3.05, 3.63) is 74.8 Å². The van der Waals surface area contributed by atoms with Crippen LogP contribution < -0.4 is 10.6 Å². The number of thiazole rings is 1. The maximum absolute atomic E-state index is 12.7. The number of carbonyl (C=O) groups is 2. The number of nitrogens with one attached hydrogen (secondary N) is 2. The number of thioether (sulfide) groups is 1. The minimum Gasteiger partial charge on any atom is -0.342 e. The van der Waals surface area contributed by atoms with Crippen molar-refractivity contribution in [2.24, 2.45) is 0 Å². The van der Waals surface area contributed by atoms with Crippen LogP contribution in [0.3, 0.4) is 0 Å². The van der Waals surface area contributed by atoms with Crippen LogP contribution in [0.15, 0.2) is 53.7 Å². The second-order valence-corrected chi connectivity index (χ2v) is 11.0. The number of amides is 2. The summed E-state index contributed by atoms with van der Waals surface area (Å²) in [6.45, 7) is 6.32. The summed E-state index contributed by atoms with van der Waals surface area (Å²) in [6.07, 6.45) is 0. The van der Waals surface area contributed by atoms with Crippen molar-refractivity contribution in [3.8, 4) is 11.3 Å². The quantitative estimate of drug-likeness (QED) is 0.229. The Morgan fingerprint density at radius 1 is 1.14 bits per heavy atom. The van der Waals surface area contributed by atoms with Crippen molar-refractivity contribution in [1.29, 1.82) is 0 Å². The molecule has 8 nitrogen and oxygen atoms in total. The van der Waals surface area contributed by atoms with Crippen molar-refractivity contribution in [3.63, 3.8) is 0 Å². The molecule has 0 saturated heterocycles. The third-order valence-electron chi connectivity index (χ3n) is 5.39. The third kappa shape index (κ3) is 6.51. The van der Waals surface area contributed by atoms with Gasteiger partial charge in [-0.3, -0.25) is 9.59 Å². The van der Waals surface area contributed by atoms with E-state index in [-0.39, 0.29) is 22.6 Å². The highest BCUT2D eigenvalue weighted by Gasteiger charge is 2.21. The normalized spacial score (nSPS) is 11.8. The summed E-state index contributed by atoms with van der Waals surface area (Å²) in [7, 11) is 0. The van der Waals surface area contributed by atoms with E-state index in [4.69, 9.17) is 23.2 Å². The first kappa shape index (κ1) is 27.1. The maximum Gasteiger partial charge on any atom is 0.253 e. The Labute approximate surface area is 232 Å². The Morgan fingerprint density at radius 3 is 2.59 bits per heavy atom. The number of halogens is 2. The van der Waals surface area contributed by atoms with Gasteiger partial charge in [-0.05, 0) is 39.0 Å². The Hall–Kier alpha value is -2.92. The van der Waals surface area contributed by atoms with Gasteiger partial charge in [-0.2, -0.15) is 0 Å². The van der Waals surface area contributed by atoms with Gasteiger partial charge < -0.3 is 15.2 Å². The van der Waals surface area contributed by atoms with Crippen molar-refractivity contribution in [2.75, 3.05) is 11.1 Å². The minimum absolute atomic E-state index is 0.137. The van der Waals surface area contributed by atoms with Crippen LogP contribution in [0.1, 0.15) is 40.9 Å². The highest BCUT2D eigenvalue weighted by atomic mass is 35.5. The van der Waals surface area contributed by atoms with Gasteiger partial charge in [0.15, 0.2) is 16.1 Å². The number of carbonyl (C=O) groups excluding carboxylic acids is 2. The summed E-state index contributed by atoms with van der Waals surface area (Å²) in [4.78, 5) is 31.0. The van der Waals surface area contributed by atoms with Crippen LogP contribution >= 0.6 is 46.3 Å². The molecule has 0 spiro atoms. The van der Waals surface area contributed by atoms with Gasteiger partial charge in [0.2, 0.25) is 5.91 Å². The van der Waals surface area contributed by atoms with E-state index in [2.05, 4.69) is 25.8 Å². The number of rotatable bonds is 9. The Kier molecular flexibility index (Phi) is 8.86. The van der Waals surface area contributed by atoms with Gasteiger partial charge in [-0.1, -0.05) is 65.3 Å². The molecule has 0 radical (unpaired) electrons. The van der Waals surface area contributed by atoms with Gasteiger partial charge in [0.25, 0.3) is 5.91 Å². The first-order valence-corrected chi connectivity index (χ1v) is 14.0. The van der Waals surface area contributed by atoms with Crippen LogP contribution in [0.25, 0.3) is 11.3 Å². The molecule has 2 aromatic heterocycles. The predicted octanol–water partition coefficient (Wildman–Crippen LogP) is 6.26. The van der Waals surface area contributed by atoms with E-state index in [1.165, 1.54) is 29.2 Å². The van der Waals surface area contributed by atoms with E-state index in [0.29, 0.717) is 33.2 Å². The first-order chi connectivity index (χ1) is 17.8. The molecule has 0 aliphatic rings. The van der Waals surface area contributed by atoms with Crippen molar-refractivity contribution >= 4 is 63.2 Å². The highest BCUT2D eigenvalue weighted by molar-refractivity contribution is 7.99. The lowest BCUT2D eigenvalue weighted by atomic mass is 10.1. The number of nitrogens with zero attached hydrogens (tertiary/aromatic N) is 4. The lowest BCUT2D eigenvalue weighted by Crippen LogP contribution is -2.29.